The molecule has 0 amide bonds. The number of anilines is 2. The number of phenols is 1. The molecule has 0 radical (unpaired) electrons. The third-order valence-corrected chi connectivity index (χ3v) is 4.51. The molecule has 0 saturated carbocycles. The molecular formula is C24H25N3O3. The third-order valence-electron chi connectivity index (χ3n) is 4.51. The van der Waals surface area contributed by atoms with E-state index in [2.05, 4.69) is 46.4 Å². The Morgan fingerprint density at radius 3 is 2.40 bits per heavy atom. The van der Waals surface area contributed by atoms with Crippen LogP contribution in [0.25, 0.3) is 0 Å². The minimum Gasteiger partial charge on any atom is -0.508 e. The lowest BCUT2D eigenvalue weighted by Gasteiger charge is -2.25. The lowest BCUT2D eigenvalue weighted by Crippen LogP contribution is -2.32. The lowest BCUT2D eigenvalue weighted by molar-refractivity contribution is 0.471. The van der Waals surface area contributed by atoms with Crippen LogP contribution in [0.1, 0.15) is 5.56 Å². The minimum atomic E-state index is -0.347. The maximum atomic E-state index is 10.6. The highest BCUT2D eigenvalue weighted by Crippen LogP contribution is 2.28. The van der Waals surface area contributed by atoms with E-state index in [-0.39, 0.29) is 16.9 Å². The maximum Gasteiger partial charge on any atom is 0.220 e. The molecule has 1 aliphatic rings. The van der Waals surface area contributed by atoms with E-state index in [1.807, 2.05) is 12.1 Å². The Morgan fingerprint density at radius 1 is 0.933 bits per heavy atom. The Hall–Kier alpha value is -3.80. The molecule has 0 bridgehead atoms. The molecule has 154 valence electrons. The first-order valence-corrected chi connectivity index (χ1v) is 9.72. The molecular weight excluding hydrogens is 378 g/mol. The summed E-state index contributed by atoms with van der Waals surface area (Å²) < 4.78 is 0. The Bertz CT molecular complexity index is 1070. The first-order chi connectivity index (χ1) is 14.5. The van der Waals surface area contributed by atoms with E-state index in [1.165, 1.54) is 17.7 Å². The Morgan fingerprint density at radius 2 is 1.70 bits per heavy atom. The van der Waals surface area contributed by atoms with Gasteiger partial charge < -0.3 is 20.4 Å². The van der Waals surface area contributed by atoms with Gasteiger partial charge in [0, 0.05) is 24.0 Å². The van der Waals surface area contributed by atoms with Gasteiger partial charge in [-0.15, -0.1) is 0 Å². The van der Waals surface area contributed by atoms with E-state index >= 15 is 0 Å². The second-order valence-corrected chi connectivity index (χ2v) is 6.86. The van der Waals surface area contributed by atoms with E-state index in [0.717, 1.165) is 30.3 Å². The van der Waals surface area contributed by atoms with Crippen LogP contribution in [0.5, 0.6) is 11.5 Å². The minimum absolute atomic E-state index is 0.208. The zero-order chi connectivity index (χ0) is 21.3. The van der Waals surface area contributed by atoms with Gasteiger partial charge in [0.15, 0.2) is 5.75 Å². The molecule has 0 unspecified atom stereocenters. The Balaban J connectivity index is 0.000000239. The van der Waals surface area contributed by atoms with Crippen LogP contribution in [-0.2, 0) is 0 Å². The summed E-state index contributed by atoms with van der Waals surface area (Å²) in [6.45, 7) is 4.48. The number of hydrogen-bond acceptors (Lipinski definition) is 6. The summed E-state index contributed by atoms with van der Waals surface area (Å²) in [5.41, 5.74) is 2.92. The van der Waals surface area contributed by atoms with Crippen LogP contribution < -0.4 is 15.6 Å². The molecule has 0 fully saturated rings. The van der Waals surface area contributed by atoms with Gasteiger partial charge in [0.2, 0.25) is 5.43 Å². The van der Waals surface area contributed by atoms with Crippen LogP contribution in [0, 0.1) is 6.92 Å². The number of phenolic OH excluding ortho intramolecular Hbond substituents is 1. The Labute approximate surface area is 175 Å². The van der Waals surface area contributed by atoms with Gasteiger partial charge in [0.05, 0.1) is 13.1 Å². The molecule has 6 heteroatoms. The normalized spacial score (nSPS) is 12.2. The van der Waals surface area contributed by atoms with Crippen molar-refractivity contribution in [2.24, 2.45) is 4.99 Å². The molecule has 0 aliphatic carbocycles. The smallest absolute Gasteiger partial charge is 0.220 e. The highest BCUT2D eigenvalue weighted by atomic mass is 16.3. The van der Waals surface area contributed by atoms with Crippen molar-refractivity contribution in [3.63, 3.8) is 0 Å². The SMILES string of the molecule is Cc1ccc(N(CC2=NCCN2)c2cccc(O)c2)cc1.O=c1cccccc1O. The average Bonchev–Trinajstić information content (AvgIpc) is 3.19. The van der Waals surface area contributed by atoms with Crippen molar-refractivity contribution in [1.29, 1.82) is 0 Å². The summed E-state index contributed by atoms with van der Waals surface area (Å²) in [5.74, 6) is 1.05. The summed E-state index contributed by atoms with van der Waals surface area (Å²) in [5, 5.41) is 21.8. The number of rotatable bonds is 4. The number of hydrogen-bond donors (Lipinski definition) is 3. The van der Waals surface area contributed by atoms with E-state index in [9.17, 15) is 9.90 Å². The highest BCUT2D eigenvalue weighted by molar-refractivity contribution is 5.90. The first-order valence-electron chi connectivity index (χ1n) is 9.72. The number of benzene rings is 2. The zero-order valence-corrected chi connectivity index (χ0v) is 16.8. The van der Waals surface area contributed by atoms with Crippen molar-refractivity contribution >= 4 is 17.2 Å². The number of nitrogens with zero attached hydrogens (tertiary/aromatic N) is 2. The predicted octanol–water partition coefficient (Wildman–Crippen LogP) is 3.59. The molecule has 3 N–H and O–H groups in total. The van der Waals surface area contributed by atoms with Gasteiger partial charge in [-0.25, -0.2) is 0 Å². The first kappa shape index (κ1) is 20.9. The molecule has 0 saturated heterocycles. The van der Waals surface area contributed by atoms with Gasteiger partial charge in [-0.1, -0.05) is 42.0 Å². The molecule has 30 heavy (non-hydrogen) atoms. The molecule has 1 aliphatic heterocycles. The largest absolute Gasteiger partial charge is 0.508 e. The number of nitrogens with one attached hydrogen (secondary N) is 1. The summed E-state index contributed by atoms with van der Waals surface area (Å²) in [6, 6.07) is 23.2. The fourth-order valence-corrected chi connectivity index (χ4v) is 2.94. The van der Waals surface area contributed by atoms with Crippen molar-refractivity contribution in [1.82, 2.24) is 5.32 Å². The van der Waals surface area contributed by atoms with Crippen LogP contribution in [-0.4, -0.2) is 35.7 Å². The molecule has 6 nitrogen and oxygen atoms in total. The third kappa shape index (κ3) is 5.85. The van der Waals surface area contributed by atoms with Crippen LogP contribution in [0.2, 0.25) is 0 Å². The molecule has 1 heterocycles. The standard InChI is InChI=1S/C17H19N3O.C7H6O2/c1-13-5-7-14(8-6-13)20(12-17-18-9-10-19-17)15-3-2-4-16(21)11-15;8-6-4-2-1-3-5-7(6)9/h2-8,11,21H,9-10,12H2,1H3,(H,18,19);1-5H,(H,8,9). The summed E-state index contributed by atoms with van der Waals surface area (Å²) >= 11 is 0. The van der Waals surface area contributed by atoms with Gasteiger partial charge in [-0.2, -0.15) is 0 Å². The molecule has 0 aromatic heterocycles. The lowest BCUT2D eigenvalue weighted by atomic mass is 10.2. The average molecular weight is 403 g/mol. The molecule has 0 atom stereocenters. The molecule has 4 rings (SSSR count). The van der Waals surface area contributed by atoms with Crippen molar-refractivity contribution < 1.29 is 10.2 Å². The summed E-state index contributed by atoms with van der Waals surface area (Å²) in [7, 11) is 0. The van der Waals surface area contributed by atoms with E-state index in [0.29, 0.717) is 6.54 Å². The summed E-state index contributed by atoms with van der Waals surface area (Å²) in [6.07, 6.45) is 0. The molecule has 3 aromatic rings. The van der Waals surface area contributed by atoms with Gasteiger partial charge in [-0.3, -0.25) is 9.79 Å². The monoisotopic (exact) mass is 403 g/mol. The Kier molecular flexibility index (Phi) is 7.05. The van der Waals surface area contributed by atoms with Crippen LogP contribution in [0.15, 0.2) is 88.6 Å². The van der Waals surface area contributed by atoms with Crippen LogP contribution >= 0.6 is 0 Å². The number of aromatic hydroxyl groups is 2. The van der Waals surface area contributed by atoms with Gasteiger partial charge in [0.25, 0.3) is 0 Å². The van der Waals surface area contributed by atoms with Gasteiger partial charge >= 0.3 is 0 Å². The second kappa shape index (κ2) is 10.1. The van der Waals surface area contributed by atoms with Crippen molar-refractivity contribution in [3.8, 4) is 11.5 Å². The van der Waals surface area contributed by atoms with Crippen molar-refractivity contribution in [3.05, 3.63) is 94.6 Å². The van der Waals surface area contributed by atoms with Crippen LogP contribution in [0.4, 0.5) is 11.4 Å². The van der Waals surface area contributed by atoms with Crippen LogP contribution in [0.3, 0.4) is 0 Å². The predicted molar refractivity (Wildman–Crippen MR) is 121 cm³/mol. The molecule has 0 spiro atoms. The number of amidine groups is 1. The fourth-order valence-electron chi connectivity index (χ4n) is 2.94. The number of aryl methyl sites for hydroxylation is 1. The van der Waals surface area contributed by atoms with Crippen molar-refractivity contribution in [2.75, 3.05) is 24.5 Å². The van der Waals surface area contributed by atoms with E-state index < -0.39 is 0 Å². The zero-order valence-electron chi connectivity index (χ0n) is 16.8. The quantitative estimate of drug-likeness (QED) is 0.620. The highest BCUT2D eigenvalue weighted by Gasteiger charge is 2.15. The van der Waals surface area contributed by atoms with E-state index in [4.69, 9.17) is 5.11 Å². The molecule has 3 aromatic carbocycles. The fraction of sp³-hybridized carbons (Fsp3) is 0.167. The van der Waals surface area contributed by atoms with Gasteiger partial charge in [-0.05, 0) is 43.3 Å². The summed E-state index contributed by atoms with van der Waals surface area (Å²) in [4.78, 5) is 17.2. The van der Waals surface area contributed by atoms with E-state index in [1.54, 1.807) is 30.3 Å². The second-order valence-electron chi connectivity index (χ2n) is 6.86. The number of aliphatic imine (C=N–C) groups is 1. The topological polar surface area (TPSA) is 85.2 Å². The maximum absolute atomic E-state index is 10.6. The van der Waals surface area contributed by atoms with Gasteiger partial charge in [0.1, 0.15) is 11.6 Å². The van der Waals surface area contributed by atoms with Crippen molar-refractivity contribution in [2.45, 2.75) is 6.92 Å².